The van der Waals surface area contributed by atoms with Gasteiger partial charge in [-0.1, -0.05) is 6.92 Å². The van der Waals surface area contributed by atoms with E-state index in [4.69, 9.17) is 0 Å². The second-order valence-corrected chi connectivity index (χ2v) is 8.05. The lowest BCUT2D eigenvalue weighted by Gasteiger charge is -2.19. The second kappa shape index (κ2) is 8.03. The zero-order chi connectivity index (χ0) is 14.5. The number of aromatic nitrogens is 1. The van der Waals surface area contributed by atoms with Crippen molar-refractivity contribution in [2.24, 2.45) is 0 Å². The maximum Gasteiger partial charge on any atom is 0.0719 e. The van der Waals surface area contributed by atoms with Crippen LogP contribution in [-0.4, -0.2) is 11.5 Å². The Bertz CT molecular complexity index is 571. The number of hydrogen-bond acceptors (Lipinski definition) is 3. The monoisotopic (exact) mass is 480 g/mol. The van der Waals surface area contributed by atoms with Crippen LogP contribution >= 0.6 is 59.1 Å². The number of pyridine rings is 1. The Hall–Kier alpha value is 0.250. The van der Waals surface area contributed by atoms with Crippen LogP contribution in [0.15, 0.2) is 37.1 Å². The van der Waals surface area contributed by atoms with Crippen LogP contribution < -0.4 is 5.32 Å². The van der Waals surface area contributed by atoms with Gasteiger partial charge >= 0.3 is 0 Å². The Kier molecular flexibility index (Phi) is 6.68. The van der Waals surface area contributed by atoms with Gasteiger partial charge in [-0.05, 0) is 78.3 Å². The average molecular weight is 483 g/mol. The number of rotatable bonds is 6. The van der Waals surface area contributed by atoms with Crippen LogP contribution in [0.3, 0.4) is 0 Å². The van der Waals surface area contributed by atoms with Gasteiger partial charge in [-0.3, -0.25) is 4.98 Å². The van der Waals surface area contributed by atoms with Crippen molar-refractivity contribution in [1.29, 1.82) is 0 Å². The average Bonchev–Trinajstić information content (AvgIpc) is 2.80. The van der Waals surface area contributed by atoms with E-state index in [0.29, 0.717) is 0 Å². The van der Waals surface area contributed by atoms with E-state index in [9.17, 15) is 0 Å². The van der Waals surface area contributed by atoms with Crippen LogP contribution in [0.5, 0.6) is 0 Å². The van der Waals surface area contributed by atoms with Crippen molar-refractivity contribution in [3.05, 3.63) is 47.7 Å². The van der Waals surface area contributed by atoms with E-state index in [0.717, 1.165) is 34.0 Å². The maximum atomic E-state index is 4.57. The highest BCUT2D eigenvalue weighted by Gasteiger charge is 2.18. The first-order valence-corrected chi connectivity index (χ1v) is 9.64. The van der Waals surface area contributed by atoms with E-state index in [2.05, 4.69) is 76.5 Å². The van der Waals surface area contributed by atoms with E-state index in [1.807, 2.05) is 12.3 Å². The minimum atomic E-state index is 0.215. The second-order valence-electron chi connectivity index (χ2n) is 4.42. The van der Waals surface area contributed by atoms with Crippen molar-refractivity contribution < 1.29 is 0 Å². The fourth-order valence-corrected chi connectivity index (χ4v) is 4.75. The summed E-state index contributed by atoms with van der Waals surface area (Å²) in [4.78, 5) is 5.92. The Morgan fingerprint density at radius 2 is 2.10 bits per heavy atom. The number of thiophene rings is 1. The van der Waals surface area contributed by atoms with Gasteiger partial charge in [0, 0.05) is 30.9 Å². The summed E-state index contributed by atoms with van der Waals surface area (Å²) >= 11 is 12.5. The highest BCUT2D eigenvalue weighted by Crippen LogP contribution is 2.31. The van der Waals surface area contributed by atoms with Gasteiger partial charge in [-0.25, -0.2) is 0 Å². The normalized spacial score (nSPS) is 12.6. The topological polar surface area (TPSA) is 24.9 Å². The van der Waals surface area contributed by atoms with E-state index in [1.54, 1.807) is 11.3 Å². The van der Waals surface area contributed by atoms with Crippen LogP contribution in [0.1, 0.15) is 30.0 Å². The van der Waals surface area contributed by atoms with Gasteiger partial charge in [-0.2, -0.15) is 0 Å². The molecule has 2 nitrogen and oxygen atoms in total. The molecule has 2 rings (SSSR count). The molecule has 6 heteroatoms. The number of nitrogens with one attached hydrogen (secondary N) is 1. The fraction of sp³-hybridized carbons (Fsp3) is 0.357. The molecule has 0 amide bonds. The minimum Gasteiger partial charge on any atom is -0.308 e. The molecular formula is C14H15Br3N2S. The summed E-state index contributed by atoms with van der Waals surface area (Å²) in [6, 6.07) is 4.36. The summed E-state index contributed by atoms with van der Waals surface area (Å²) in [7, 11) is 0. The first-order valence-electron chi connectivity index (χ1n) is 6.38. The summed E-state index contributed by atoms with van der Waals surface area (Å²) in [5.74, 6) is 0. The molecule has 2 aromatic heterocycles. The van der Waals surface area contributed by atoms with E-state index in [1.165, 1.54) is 9.35 Å². The Morgan fingerprint density at radius 3 is 2.70 bits per heavy atom. The molecule has 2 aromatic rings. The maximum absolute atomic E-state index is 4.57. The van der Waals surface area contributed by atoms with Crippen LogP contribution in [-0.2, 0) is 6.42 Å². The van der Waals surface area contributed by atoms with E-state index >= 15 is 0 Å². The standard InChI is InChI=1S/C14H15Br3N2S/c1-2-4-18-12(7-13-10(16)3-5-20-13)14-11(17)6-9(15)8-19-14/h3,5-6,8,12,18H,2,4,7H2,1H3. The highest BCUT2D eigenvalue weighted by atomic mass is 79.9. The molecule has 108 valence electrons. The van der Waals surface area contributed by atoms with Crippen LogP contribution in [0.25, 0.3) is 0 Å². The third kappa shape index (κ3) is 4.37. The number of nitrogens with zero attached hydrogens (tertiary/aromatic N) is 1. The first-order chi connectivity index (χ1) is 9.61. The number of hydrogen-bond donors (Lipinski definition) is 1. The molecule has 1 unspecified atom stereocenters. The zero-order valence-corrected chi connectivity index (χ0v) is 16.6. The van der Waals surface area contributed by atoms with Gasteiger partial charge in [-0.15, -0.1) is 11.3 Å². The van der Waals surface area contributed by atoms with Crippen molar-refractivity contribution >= 4 is 59.1 Å². The molecule has 1 atom stereocenters. The third-order valence-corrected chi connectivity index (χ3v) is 5.91. The van der Waals surface area contributed by atoms with Crippen LogP contribution in [0.2, 0.25) is 0 Å². The molecule has 1 N–H and O–H groups in total. The molecule has 0 aliphatic heterocycles. The molecular weight excluding hydrogens is 468 g/mol. The minimum absolute atomic E-state index is 0.215. The largest absolute Gasteiger partial charge is 0.308 e. The van der Waals surface area contributed by atoms with Gasteiger partial charge in [0.1, 0.15) is 0 Å². The predicted octanol–water partition coefficient (Wildman–Crippen LogP) is 5.71. The van der Waals surface area contributed by atoms with Crippen molar-refractivity contribution in [3.8, 4) is 0 Å². The van der Waals surface area contributed by atoms with Crippen molar-refractivity contribution in [2.75, 3.05) is 6.54 Å². The first kappa shape index (κ1) is 16.6. The molecule has 2 heterocycles. The van der Waals surface area contributed by atoms with Crippen molar-refractivity contribution in [3.63, 3.8) is 0 Å². The molecule has 0 saturated heterocycles. The fourth-order valence-electron chi connectivity index (χ4n) is 1.92. The smallest absolute Gasteiger partial charge is 0.0719 e. The summed E-state index contributed by atoms with van der Waals surface area (Å²) < 4.78 is 3.20. The van der Waals surface area contributed by atoms with Gasteiger partial charge in [0.2, 0.25) is 0 Å². The molecule has 0 aliphatic carbocycles. The third-order valence-electron chi connectivity index (χ3n) is 2.89. The van der Waals surface area contributed by atoms with Crippen molar-refractivity contribution in [1.82, 2.24) is 10.3 Å². The lowest BCUT2D eigenvalue weighted by atomic mass is 10.1. The molecule has 0 spiro atoms. The lowest BCUT2D eigenvalue weighted by Crippen LogP contribution is -2.25. The Labute approximate surface area is 148 Å². The summed E-state index contributed by atoms with van der Waals surface area (Å²) in [5.41, 5.74) is 1.06. The van der Waals surface area contributed by atoms with E-state index in [-0.39, 0.29) is 6.04 Å². The Morgan fingerprint density at radius 1 is 1.30 bits per heavy atom. The van der Waals surface area contributed by atoms with Gasteiger partial charge in [0.05, 0.1) is 11.7 Å². The van der Waals surface area contributed by atoms with Gasteiger partial charge in [0.15, 0.2) is 0 Å². The molecule has 0 bridgehead atoms. The SMILES string of the molecule is CCCNC(Cc1sccc1Br)c1ncc(Br)cc1Br. The summed E-state index contributed by atoms with van der Waals surface area (Å²) in [6.45, 7) is 3.16. The van der Waals surface area contributed by atoms with Crippen LogP contribution in [0.4, 0.5) is 0 Å². The number of halogens is 3. The molecule has 0 aliphatic rings. The van der Waals surface area contributed by atoms with Gasteiger partial charge in [0.25, 0.3) is 0 Å². The molecule has 0 saturated carbocycles. The molecule has 0 aromatic carbocycles. The van der Waals surface area contributed by atoms with E-state index < -0.39 is 0 Å². The molecule has 0 fully saturated rings. The molecule has 20 heavy (non-hydrogen) atoms. The van der Waals surface area contributed by atoms with Crippen LogP contribution in [0, 0.1) is 0 Å². The quantitative estimate of drug-likeness (QED) is 0.570. The highest BCUT2D eigenvalue weighted by molar-refractivity contribution is 9.11. The zero-order valence-electron chi connectivity index (χ0n) is 11.0. The summed E-state index contributed by atoms with van der Waals surface area (Å²) in [6.07, 6.45) is 3.89. The lowest BCUT2D eigenvalue weighted by molar-refractivity contribution is 0.518. The van der Waals surface area contributed by atoms with Crippen molar-refractivity contribution in [2.45, 2.75) is 25.8 Å². The van der Waals surface area contributed by atoms with Gasteiger partial charge < -0.3 is 5.32 Å². The summed E-state index contributed by atoms with van der Waals surface area (Å²) in [5, 5.41) is 5.70. The Balaban J connectivity index is 2.24. The molecule has 0 radical (unpaired) electrons. The predicted molar refractivity (Wildman–Crippen MR) is 96.4 cm³/mol.